The van der Waals surface area contributed by atoms with Crippen molar-refractivity contribution in [3.8, 4) is 11.6 Å². The zero-order valence-corrected chi connectivity index (χ0v) is 11.9. The van der Waals surface area contributed by atoms with Gasteiger partial charge in [0.25, 0.3) is 0 Å². The second-order valence-corrected chi connectivity index (χ2v) is 5.28. The molecule has 0 amide bonds. The van der Waals surface area contributed by atoms with Crippen molar-refractivity contribution in [1.82, 2.24) is 4.98 Å². The average molecular weight is 306 g/mol. The molecule has 4 nitrogen and oxygen atoms in total. The molecule has 0 saturated carbocycles. The minimum absolute atomic E-state index is 0.0296. The van der Waals surface area contributed by atoms with Crippen LogP contribution < -0.4 is 10.5 Å². The van der Waals surface area contributed by atoms with Crippen LogP contribution in [0.5, 0.6) is 11.6 Å². The summed E-state index contributed by atoms with van der Waals surface area (Å²) in [7, 11) is 0. The molecule has 1 aliphatic carbocycles. The Morgan fingerprint density at radius 1 is 1.38 bits per heavy atom. The number of nitrogens with two attached hydrogens (primary N) is 1. The Labute approximate surface area is 126 Å². The van der Waals surface area contributed by atoms with Crippen molar-refractivity contribution in [2.45, 2.75) is 19.3 Å². The van der Waals surface area contributed by atoms with Gasteiger partial charge in [0.05, 0.1) is 10.6 Å². The molecule has 1 heterocycles. The first-order valence-corrected chi connectivity index (χ1v) is 6.93. The predicted octanol–water partition coefficient (Wildman–Crippen LogP) is 3.44. The topological polar surface area (TPSA) is 72.0 Å². The van der Waals surface area contributed by atoms with E-state index < -0.39 is 5.82 Å². The first-order chi connectivity index (χ1) is 10.1. The standard InChI is InChI=1S/C15H13ClFN3O/c16-10-4-2-6-12(13(10)17)21-15-9(14(18)19)7-8-3-1-5-11(8)20-15/h2,4,6-7H,1,3,5H2,(H3,18,19). The third kappa shape index (κ3) is 2.56. The zero-order valence-electron chi connectivity index (χ0n) is 11.1. The van der Waals surface area contributed by atoms with E-state index in [1.165, 1.54) is 12.1 Å². The molecule has 1 aromatic heterocycles. The minimum atomic E-state index is -0.657. The van der Waals surface area contributed by atoms with E-state index in [2.05, 4.69) is 4.98 Å². The molecule has 0 fully saturated rings. The number of rotatable bonds is 3. The van der Waals surface area contributed by atoms with Crippen LogP contribution in [0, 0.1) is 11.2 Å². The highest BCUT2D eigenvalue weighted by atomic mass is 35.5. The monoisotopic (exact) mass is 305 g/mol. The molecule has 2 aromatic rings. The quantitative estimate of drug-likeness (QED) is 0.674. The number of aromatic nitrogens is 1. The molecule has 0 saturated heterocycles. The van der Waals surface area contributed by atoms with Crippen LogP contribution in [-0.2, 0) is 12.8 Å². The van der Waals surface area contributed by atoms with E-state index in [0.29, 0.717) is 5.56 Å². The van der Waals surface area contributed by atoms with E-state index >= 15 is 0 Å². The van der Waals surface area contributed by atoms with E-state index in [4.69, 9.17) is 27.5 Å². The Balaban J connectivity index is 2.05. The summed E-state index contributed by atoms with van der Waals surface area (Å²) in [4.78, 5) is 4.39. The predicted molar refractivity (Wildman–Crippen MR) is 78.8 cm³/mol. The Morgan fingerprint density at radius 2 is 2.19 bits per heavy atom. The van der Waals surface area contributed by atoms with Crippen molar-refractivity contribution in [3.05, 3.63) is 51.9 Å². The molecule has 6 heteroatoms. The molecule has 0 unspecified atom stereocenters. The number of benzene rings is 1. The van der Waals surface area contributed by atoms with E-state index in [1.807, 2.05) is 0 Å². The fourth-order valence-corrected chi connectivity index (χ4v) is 2.56. The number of hydrogen-bond donors (Lipinski definition) is 2. The van der Waals surface area contributed by atoms with Gasteiger partial charge in [-0.3, -0.25) is 5.41 Å². The van der Waals surface area contributed by atoms with Gasteiger partial charge < -0.3 is 10.5 Å². The molecule has 1 aliphatic rings. The first-order valence-electron chi connectivity index (χ1n) is 6.55. The molecule has 0 bridgehead atoms. The number of aryl methyl sites for hydroxylation is 2. The number of pyridine rings is 1. The summed E-state index contributed by atoms with van der Waals surface area (Å²) in [5, 5.41) is 7.61. The van der Waals surface area contributed by atoms with Gasteiger partial charge in [-0.05, 0) is 43.0 Å². The third-order valence-electron chi connectivity index (χ3n) is 3.43. The Kier molecular flexibility index (Phi) is 3.51. The summed E-state index contributed by atoms with van der Waals surface area (Å²) in [5.41, 5.74) is 7.93. The summed E-state index contributed by atoms with van der Waals surface area (Å²) < 4.78 is 19.4. The highest BCUT2D eigenvalue weighted by Crippen LogP contribution is 2.32. The summed E-state index contributed by atoms with van der Waals surface area (Å²) in [6.07, 6.45) is 2.77. The smallest absolute Gasteiger partial charge is 0.230 e. The van der Waals surface area contributed by atoms with Gasteiger partial charge in [-0.2, -0.15) is 0 Å². The number of fused-ring (bicyclic) bond motifs is 1. The average Bonchev–Trinajstić information content (AvgIpc) is 2.90. The van der Waals surface area contributed by atoms with Crippen LogP contribution in [-0.4, -0.2) is 10.8 Å². The second-order valence-electron chi connectivity index (χ2n) is 4.87. The van der Waals surface area contributed by atoms with Crippen LogP contribution in [0.2, 0.25) is 5.02 Å². The summed E-state index contributed by atoms with van der Waals surface area (Å²) in [5.74, 6) is -0.703. The van der Waals surface area contributed by atoms with Crippen molar-refractivity contribution in [3.63, 3.8) is 0 Å². The Morgan fingerprint density at radius 3 is 2.95 bits per heavy atom. The second kappa shape index (κ2) is 5.33. The number of nitrogen functional groups attached to an aromatic ring is 1. The summed E-state index contributed by atoms with van der Waals surface area (Å²) in [6, 6.07) is 6.28. The van der Waals surface area contributed by atoms with Crippen LogP contribution in [0.25, 0.3) is 0 Å². The molecule has 3 N–H and O–H groups in total. The molecule has 108 valence electrons. The third-order valence-corrected chi connectivity index (χ3v) is 3.72. The number of halogens is 2. The number of amidine groups is 1. The molecule has 3 rings (SSSR count). The summed E-state index contributed by atoms with van der Waals surface area (Å²) in [6.45, 7) is 0. The van der Waals surface area contributed by atoms with Crippen LogP contribution in [0.3, 0.4) is 0 Å². The molecule has 21 heavy (non-hydrogen) atoms. The highest BCUT2D eigenvalue weighted by Gasteiger charge is 2.20. The van der Waals surface area contributed by atoms with Crippen LogP contribution in [0.15, 0.2) is 24.3 Å². The van der Waals surface area contributed by atoms with E-state index in [-0.39, 0.29) is 22.5 Å². The lowest BCUT2D eigenvalue weighted by Crippen LogP contribution is -2.14. The van der Waals surface area contributed by atoms with Gasteiger partial charge in [-0.15, -0.1) is 0 Å². The molecule has 1 aromatic carbocycles. The molecular formula is C15H13ClFN3O. The fraction of sp³-hybridized carbons (Fsp3) is 0.200. The van der Waals surface area contributed by atoms with E-state index in [0.717, 1.165) is 30.5 Å². The van der Waals surface area contributed by atoms with Gasteiger partial charge in [0.2, 0.25) is 5.88 Å². The lowest BCUT2D eigenvalue weighted by Gasteiger charge is -2.12. The molecule has 0 aliphatic heterocycles. The van der Waals surface area contributed by atoms with Crippen LogP contribution >= 0.6 is 11.6 Å². The van der Waals surface area contributed by atoms with Crippen LogP contribution in [0.4, 0.5) is 4.39 Å². The molecular weight excluding hydrogens is 293 g/mol. The number of ether oxygens (including phenoxy) is 1. The minimum Gasteiger partial charge on any atom is -0.435 e. The number of nitrogens with one attached hydrogen (secondary N) is 1. The van der Waals surface area contributed by atoms with Crippen molar-refractivity contribution < 1.29 is 9.13 Å². The lowest BCUT2D eigenvalue weighted by atomic mass is 10.1. The van der Waals surface area contributed by atoms with Gasteiger partial charge in [-0.1, -0.05) is 17.7 Å². The van der Waals surface area contributed by atoms with E-state index in [9.17, 15) is 4.39 Å². The summed E-state index contributed by atoms with van der Waals surface area (Å²) >= 11 is 5.73. The zero-order chi connectivity index (χ0) is 15.0. The Hall–Kier alpha value is -2.14. The largest absolute Gasteiger partial charge is 0.435 e. The van der Waals surface area contributed by atoms with E-state index in [1.54, 1.807) is 12.1 Å². The van der Waals surface area contributed by atoms with Crippen LogP contribution in [0.1, 0.15) is 23.2 Å². The van der Waals surface area contributed by atoms with Gasteiger partial charge in [0.15, 0.2) is 11.6 Å². The first kappa shape index (κ1) is 13.8. The SMILES string of the molecule is N=C(N)c1cc2c(nc1Oc1cccc(Cl)c1F)CCC2. The highest BCUT2D eigenvalue weighted by molar-refractivity contribution is 6.30. The van der Waals surface area contributed by atoms with Crippen molar-refractivity contribution in [2.75, 3.05) is 0 Å². The number of nitrogens with zero attached hydrogens (tertiary/aromatic N) is 1. The van der Waals surface area contributed by atoms with Gasteiger partial charge >= 0.3 is 0 Å². The molecule has 0 atom stereocenters. The van der Waals surface area contributed by atoms with Gasteiger partial charge in [0, 0.05) is 5.69 Å². The van der Waals surface area contributed by atoms with Gasteiger partial charge in [-0.25, -0.2) is 9.37 Å². The van der Waals surface area contributed by atoms with Crippen molar-refractivity contribution in [1.29, 1.82) is 5.41 Å². The number of hydrogen-bond acceptors (Lipinski definition) is 3. The maximum atomic E-state index is 13.9. The van der Waals surface area contributed by atoms with Gasteiger partial charge in [0.1, 0.15) is 5.84 Å². The molecule has 0 spiro atoms. The van der Waals surface area contributed by atoms with Crippen molar-refractivity contribution >= 4 is 17.4 Å². The maximum Gasteiger partial charge on any atom is 0.230 e. The maximum absolute atomic E-state index is 13.9. The fourth-order valence-electron chi connectivity index (χ4n) is 2.39. The molecule has 0 radical (unpaired) electrons. The lowest BCUT2D eigenvalue weighted by molar-refractivity contribution is 0.425. The normalized spacial score (nSPS) is 13.0. The Bertz CT molecular complexity index is 733. The van der Waals surface area contributed by atoms with Crippen molar-refractivity contribution in [2.24, 2.45) is 5.73 Å².